The van der Waals surface area contributed by atoms with Crippen LogP contribution in [0.25, 0.3) is 0 Å². The molecule has 18 heavy (non-hydrogen) atoms. The average molecular weight is 280 g/mol. The zero-order valence-corrected chi connectivity index (χ0v) is 11.7. The zero-order chi connectivity index (χ0) is 12.6. The Morgan fingerprint density at radius 2 is 1.61 bits per heavy atom. The summed E-state index contributed by atoms with van der Waals surface area (Å²) in [6.45, 7) is 0.129. The minimum Gasteiger partial charge on any atom is -0.396 e. The van der Waals surface area contributed by atoms with Gasteiger partial charge in [0, 0.05) is 16.4 Å². The topological polar surface area (TPSA) is 40.5 Å². The standard InChI is InChI=1S/C14H16O2S2/c15-7-1-6-14(16)12-10(4-8-17-12)2-3-11-5-9-18-13(11)14/h4-5,8-9,15-16H,1-3,6-7H2. The maximum Gasteiger partial charge on any atom is 0.133 e. The zero-order valence-electron chi connectivity index (χ0n) is 10.1. The highest BCUT2D eigenvalue weighted by atomic mass is 32.1. The van der Waals surface area contributed by atoms with E-state index < -0.39 is 5.60 Å². The highest BCUT2D eigenvalue weighted by molar-refractivity contribution is 7.12. The molecule has 2 N–H and O–H groups in total. The Bertz CT molecular complexity index is 499. The third-order valence-electron chi connectivity index (χ3n) is 3.61. The van der Waals surface area contributed by atoms with Crippen LogP contribution in [0.15, 0.2) is 22.9 Å². The predicted octanol–water partition coefficient (Wildman–Crippen LogP) is 2.92. The molecule has 3 rings (SSSR count). The molecule has 0 aliphatic heterocycles. The fourth-order valence-corrected chi connectivity index (χ4v) is 4.97. The normalized spacial score (nSPS) is 17.0. The van der Waals surface area contributed by atoms with Crippen LogP contribution < -0.4 is 0 Å². The Morgan fingerprint density at radius 1 is 1.06 bits per heavy atom. The molecular formula is C14H16O2S2. The van der Waals surface area contributed by atoms with Crippen molar-refractivity contribution in [3.05, 3.63) is 43.8 Å². The first-order chi connectivity index (χ1) is 8.75. The van der Waals surface area contributed by atoms with Gasteiger partial charge in [-0.05, 0) is 59.7 Å². The van der Waals surface area contributed by atoms with Crippen LogP contribution in [0.5, 0.6) is 0 Å². The molecule has 2 heterocycles. The second kappa shape index (κ2) is 4.78. The van der Waals surface area contributed by atoms with Crippen LogP contribution in [0, 0.1) is 0 Å². The summed E-state index contributed by atoms with van der Waals surface area (Å²) in [6, 6.07) is 4.25. The maximum absolute atomic E-state index is 11.2. The van der Waals surface area contributed by atoms with Gasteiger partial charge in [-0.2, -0.15) is 0 Å². The lowest BCUT2D eigenvalue weighted by Crippen LogP contribution is -2.26. The molecule has 4 heteroatoms. The van der Waals surface area contributed by atoms with Gasteiger partial charge in [0.1, 0.15) is 5.60 Å². The minimum absolute atomic E-state index is 0.129. The van der Waals surface area contributed by atoms with E-state index in [1.807, 2.05) is 0 Å². The summed E-state index contributed by atoms with van der Waals surface area (Å²) in [4.78, 5) is 2.16. The first kappa shape index (κ1) is 12.4. The minimum atomic E-state index is -0.883. The molecule has 0 fully saturated rings. The molecule has 2 nitrogen and oxygen atoms in total. The van der Waals surface area contributed by atoms with Crippen LogP contribution >= 0.6 is 22.7 Å². The SMILES string of the molecule is OCCCC1(O)c2sccc2CCc2ccsc21. The number of aliphatic hydroxyl groups is 2. The van der Waals surface area contributed by atoms with Gasteiger partial charge in [-0.25, -0.2) is 0 Å². The summed E-state index contributed by atoms with van der Waals surface area (Å²) >= 11 is 3.28. The van der Waals surface area contributed by atoms with Crippen molar-refractivity contribution in [3.8, 4) is 0 Å². The highest BCUT2D eigenvalue weighted by Crippen LogP contribution is 2.45. The molecule has 0 saturated carbocycles. The molecule has 1 aliphatic carbocycles. The van der Waals surface area contributed by atoms with Crippen LogP contribution in [-0.2, 0) is 18.4 Å². The number of hydrogen-bond donors (Lipinski definition) is 2. The van der Waals surface area contributed by atoms with Crippen molar-refractivity contribution < 1.29 is 10.2 Å². The van der Waals surface area contributed by atoms with Gasteiger partial charge in [-0.1, -0.05) is 0 Å². The van der Waals surface area contributed by atoms with Gasteiger partial charge in [0.2, 0.25) is 0 Å². The first-order valence-corrected chi connectivity index (χ1v) is 7.98. The van der Waals surface area contributed by atoms with Crippen molar-refractivity contribution >= 4 is 22.7 Å². The van der Waals surface area contributed by atoms with E-state index in [0.29, 0.717) is 12.8 Å². The van der Waals surface area contributed by atoms with E-state index >= 15 is 0 Å². The van der Waals surface area contributed by atoms with E-state index in [-0.39, 0.29) is 6.61 Å². The fraction of sp³-hybridized carbons (Fsp3) is 0.429. The van der Waals surface area contributed by atoms with Crippen molar-refractivity contribution in [2.24, 2.45) is 0 Å². The van der Waals surface area contributed by atoms with Crippen LogP contribution in [0.3, 0.4) is 0 Å². The van der Waals surface area contributed by atoms with Crippen molar-refractivity contribution in [1.29, 1.82) is 0 Å². The monoisotopic (exact) mass is 280 g/mol. The summed E-state index contributed by atoms with van der Waals surface area (Å²) < 4.78 is 0. The molecule has 0 aromatic carbocycles. The molecule has 0 amide bonds. The third kappa shape index (κ3) is 1.84. The number of aliphatic hydroxyl groups excluding tert-OH is 1. The van der Waals surface area contributed by atoms with E-state index in [4.69, 9.17) is 5.11 Å². The Kier molecular flexibility index (Phi) is 3.28. The van der Waals surface area contributed by atoms with Crippen molar-refractivity contribution in [2.45, 2.75) is 31.3 Å². The van der Waals surface area contributed by atoms with Gasteiger partial charge in [0.05, 0.1) is 0 Å². The number of fused-ring (bicyclic) bond motifs is 2. The smallest absolute Gasteiger partial charge is 0.133 e. The predicted molar refractivity (Wildman–Crippen MR) is 75.4 cm³/mol. The molecule has 0 atom stereocenters. The lowest BCUT2D eigenvalue weighted by molar-refractivity contribution is 0.0692. The summed E-state index contributed by atoms with van der Waals surface area (Å²) in [5.74, 6) is 0. The lowest BCUT2D eigenvalue weighted by atomic mass is 9.91. The van der Waals surface area contributed by atoms with Crippen molar-refractivity contribution in [2.75, 3.05) is 6.61 Å². The van der Waals surface area contributed by atoms with Gasteiger partial charge in [0.25, 0.3) is 0 Å². The van der Waals surface area contributed by atoms with Gasteiger partial charge in [-0.3, -0.25) is 0 Å². The molecule has 96 valence electrons. The fourth-order valence-electron chi connectivity index (χ4n) is 2.73. The van der Waals surface area contributed by atoms with E-state index in [1.165, 1.54) is 11.1 Å². The molecule has 0 radical (unpaired) electrons. The molecular weight excluding hydrogens is 264 g/mol. The van der Waals surface area contributed by atoms with E-state index in [0.717, 1.165) is 22.6 Å². The number of thiophene rings is 2. The molecule has 0 spiro atoms. The molecule has 0 bridgehead atoms. The highest BCUT2D eigenvalue weighted by Gasteiger charge is 2.38. The van der Waals surface area contributed by atoms with E-state index in [9.17, 15) is 5.11 Å². The Balaban J connectivity index is 2.12. The molecule has 0 saturated heterocycles. The molecule has 2 aromatic heterocycles. The summed E-state index contributed by atoms with van der Waals surface area (Å²) in [5, 5.41) is 24.4. The van der Waals surface area contributed by atoms with E-state index in [1.54, 1.807) is 22.7 Å². The maximum atomic E-state index is 11.2. The summed E-state index contributed by atoms with van der Waals surface area (Å²) in [7, 11) is 0. The Labute approximate surface area is 115 Å². The van der Waals surface area contributed by atoms with Crippen molar-refractivity contribution in [1.82, 2.24) is 0 Å². The van der Waals surface area contributed by atoms with Crippen LogP contribution in [0.2, 0.25) is 0 Å². The summed E-state index contributed by atoms with van der Waals surface area (Å²) in [6.07, 6.45) is 3.24. The summed E-state index contributed by atoms with van der Waals surface area (Å²) in [5.41, 5.74) is 1.65. The third-order valence-corrected chi connectivity index (χ3v) is 5.82. The first-order valence-electron chi connectivity index (χ1n) is 6.22. The largest absolute Gasteiger partial charge is 0.396 e. The number of rotatable bonds is 3. The molecule has 0 unspecified atom stereocenters. The Hall–Kier alpha value is -0.680. The number of aryl methyl sites for hydroxylation is 2. The van der Waals surface area contributed by atoms with Gasteiger partial charge in [-0.15, -0.1) is 22.7 Å². The molecule has 1 aliphatic rings. The van der Waals surface area contributed by atoms with Gasteiger partial charge >= 0.3 is 0 Å². The van der Waals surface area contributed by atoms with Crippen LogP contribution in [0.4, 0.5) is 0 Å². The van der Waals surface area contributed by atoms with Crippen molar-refractivity contribution in [3.63, 3.8) is 0 Å². The average Bonchev–Trinajstić information content (AvgIpc) is 3.00. The Morgan fingerprint density at radius 3 is 2.11 bits per heavy atom. The van der Waals surface area contributed by atoms with Crippen LogP contribution in [0.1, 0.15) is 33.7 Å². The van der Waals surface area contributed by atoms with Gasteiger partial charge < -0.3 is 10.2 Å². The van der Waals surface area contributed by atoms with Gasteiger partial charge in [0.15, 0.2) is 0 Å². The number of hydrogen-bond acceptors (Lipinski definition) is 4. The lowest BCUT2D eigenvalue weighted by Gasteiger charge is -2.27. The molecule has 2 aromatic rings. The second-order valence-electron chi connectivity index (χ2n) is 4.74. The van der Waals surface area contributed by atoms with Crippen LogP contribution in [-0.4, -0.2) is 16.8 Å². The second-order valence-corrected chi connectivity index (χ2v) is 6.57. The quantitative estimate of drug-likeness (QED) is 0.907. The van der Waals surface area contributed by atoms with E-state index in [2.05, 4.69) is 22.9 Å².